The van der Waals surface area contributed by atoms with E-state index in [1.54, 1.807) is 21.2 Å². The molecule has 0 spiro atoms. The molecule has 1 fully saturated rings. The van der Waals surface area contributed by atoms with Crippen molar-refractivity contribution in [3.8, 4) is 0 Å². The number of hydrogen-bond donors (Lipinski definition) is 2. The first kappa shape index (κ1) is 15.2. The summed E-state index contributed by atoms with van der Waals surface area (Å²) < 4.78 is 10.9. The van der Waals surface area contributed by atoms with Gasteiger partial charge in [-0.05, 0) is 13.3 Å². The molecule has 3 atom stereocenters. The van der Waals surface area contributed by atoms with Gasteiger partial charge in [-0.25, -0.2) is 4.79 Å². The van der Waals surface area contributed by atoms with Crippen LogP contribution in [0, 0.1) is 0 Å². The molecule has 6 nitrogen and oxygen atoms in total. The summed E-state index contributed by atoms with van der Waals surface area (Å²) in [5, 5.41) is 6.17. The Labute approximate surface area is 109 Å². The van der Waals surface area contributed by atoms with E-state index in [0.29, 0.717) is 12.6 Å². The summed E-state index contributed by atoms with van der Waals surface area (Å²) >= 11 is 0. The maximum Gasteiger partial charge on any atom is 0.316 e. The molecule has 0 aromatic rings. The van der Waals surface area contributed by atoms with Crippen LogP contribution in [-0.2, 0) is 9.47 Å². The standard InChI is InChI=1S/C12H25N3O3/c1-5-18-10-8-9(11(10)17-4)13-6-7-14-12(16)15(2)3/h9-11,13H,5-8H2,1-4H3,(H,14,16). The highest BCUT2D eigenvalue weighted by Crippen LogP contribution is 2.26. The van der Waals surface area contributed by atoms with Crippen LogP contribution in [0.2, 0.25) is 0 Å². The van der Waals surface area contributed by atoms with Gasteiger partial charge in [0.25, 0.3) is 0 Å². The zero-order chi connectivity index (χ0) is 13.5. The van der Waals surface area contributed by atoms with Crippen LogP contribution in [0.3, 0.4) is 0 Å². The van der Waals surface area contributed by atoms with E-state index in [-0.39, 0.29) is 18.2 Å². The number of urea groups is 1. The van der Waals surface area contributed by atoms with E-state index in [9.17, 15) is 4.79 Å². The van der Waals surface area contributed by atoms with E-state index in [4.69, 9.17) is 9.47 Å². The number of rotatable bonds is 7. The van der Waals surface area contributed by atoms with Crippen molar-refractivity contribution in [2.75, 3.05) is 40.9 Å². The van der Waals surface area contributed by atoms with Gasteiger partial charge in [0.1, 0.15) is 0 Å². The summed E-state index contributed by atoms with van der Waals surface area (Å²) in [5.74, 6) is 0. The second-order valence-corrected chi connectivity index (χ2v) is 4.62. The summed E-state index contributed by atoms with van der Waals surface area (Å²) in [4.78, 5) is 12.8. The van der Waals surface area contributed by atoms with Crippen molar-refractivity contribution in [1.82, 2.24) is 15.5 Å². The quantitative estimate of drug-likeness (QED) is 0.634. The van der Waals surface area contributed by atoms with Gasteiger partial charge in [-0.3, -0.25) is 0 Å². The molecule has 0 bridgehead atoms. The summed E-state index contributed by atoms with van der Waals surface area (Å²) in [6.45, 7) is 4.06. The van der Waals surface area contributed by atoms with Gasteiger partial charge in [0.15, 0.2) is 0 Å². The summed E-state index contributed by atoms with van der Waals surface area (Å²) in [6, 6.07) is 0.253. The molecule has 0 saturated heterocycles. The smallest absolute Gasteiger partial charge is 0.316 e. The van der Waals surface area contributed by atoms with Crippen LogP contribution in [0.4, 0.5) is 4.79 Å². The monoisotopic (exact) mass is 259 g/mol. The average Bonchev–Trinajstić information content (AvgIpc) is 2.31. The van der Waals surface area contributed by atoms with E-state index in [1.165, 1.54) is 4.90 Å². The number of nitrogens with one attached hydrogen (secondary N) is 2. The molecule has 1 rings (SSSR count). The predicted octanol–water partition coefficient (Wildman–Crippen LogP) is 0.0396. The van der Waals surface area contributed by atoms with Crippen molar-refractivity contribution < 1.29 is 14.3 Å². The van der Waals surface area contributed by atoms with Crippen molar-refractivity contribution >= 4 is 6.03 Å². The molecule has 18 heavy (non-hydrogen) atoms. The summed E-state index contributed by atoms with van der Waals surface area (Å²) in [6.07, 6.45) is 1.29. The second kappa shape index (κ2) is 7.56. The maximum atomic E-state index is 11.3. The van der Waals surface area contributed by atoms with E-state index in [2.05, 4.69) is 10.6 Å². The molecule has 2 N–H and O–H groups in total. The molecular formula is C12H25N3O3. The number of methoxy groups -OCH3 is 1. The van der Waals surface area contributed by atoms with Gasteiger partial charge in [-0.2, -0.15) is 0 Å². The van der Waals surface area contributed by atoms with Gasteiger partial charge >= 0.3 is 6.03 Å². The maximum absolute atomic E-state index is 11.3. The largest absolute Gasteiger partial charge is 0.377 e. The predicted molar refractivity (Wildman–Crippen MR) is 69.7 cm³/mol. The first-order valence-electron chi connectivity index (χ1n) is 6.43. The molecule has 6 heteroatoms. The van der Waals surface area contributed by atoms with Crippen LogP contribution >= 0.6 is 0 Å². The third-order valence-corrected chi connectivity index (χ3v) is 3.12. The lowest BCUT2D eigenvalue weighted by atomic mass is 9.85. The van der Waals surface area contributed by atoms with Crippen molar-refractivity contribution in [2.24, 2.45) is 0 Å². The van der Waals surface area contributed by atoms with E-state index < -0.39 is 0 Å². The second-order valence-electron chi connectivity index (χ2n) is 4.62. The lowest BCUT2D eigenvalue weighted by Gasteiger charge is -2.43. The van der Waals surface area contributed by atoms with Crippen molar-refractivity contribution in [3.63, 3.8) is 0 Å². The van der Waals surface area contributed by atoms with Crippen LogP contribution in [0.25, 0.3) is 0 Å². The fourth-order valence-corrected chi connectivity index (χ4v) is 2.06. The summed E-state index contributed by atoms with van der Waals surface area (Å²) in [5.41, 5.74) is 0. The Morgan fingerprint density at radius 3 is 2.67 bits per heavy atom. The molecule has 1 aliphatic rings. The Morgan fingerprint density at radius 2 is 2.11 bits per heavy atom. The molecule has 0 heterocycles. The van der Waals surface area contributed by atoms with Gasteiger partial charge in [0.05, 0.1) is 12.2 Å². The van der Waals surface area contributed by atoms with Gasteiger partial charge < -0.3 is 25.0 Å². The average molecular weight is 259 g/mol. The number of nitrogens with zero attached hydrogens (tertiary/aromatic N) is 1. The molecular weight excluding hydrogens is 234 g/mol. The molecule has 3 unspecified atom stereocenters. The zero-order valence-electron chi connectivity index (χ0n) is 11.7. The van der Waals surface area contributed by atoms with E-state index in [1.807, 2.05) is 6.92 Å². The Balaban J connectivity index is 2.12. The molecule has 106 valence electrons. The van der Waals surface area contributed by atoms with E-state index in [0.717, 1.165) is 19.6 Å². The number of carbonyl (C=O) groups excluding carboxylic acids is 1. The van der Waals surface area contributed by atoms with Crippen LogP contribution in [0.1, 0.15) is 13.3 Å². The van der Waals surface area contributed by atoms with Crippen LogP contribution in [0.15, 0.2) is 0 Å². The number of ether oxygens (including phenoxy) is 2. The van der Waals surface area contributed by atoms with Crippen LogP contribution in [-0.4, -0.2) is 70.1 Å². The third kappa shape index (κ3) is 4.12. The lowest BCUT2D eigenvalue weighted by molar-refractivity contribution is -0.130. The zero-order valence-corrected chi connectivity index (χ0v) is 11.7. The first-order valence-corrected chi connectivity index (χ1v) is 6.43. The Kier molecular flexibility index (Phi) is 6.38. The lowest BCUT2D eigenvalue weighted by Crippen LogP contribution is -2.60. The Bertz CT molecular complexity index is 261. The third-order valence-electron chi connectivity index (χ3n) is 3.12. The SMILES string of the molecule is CCOC1CC(NCCNC(=O)N(C)C)C1OC. The van der Waals surface area contributed by atoms with Crippen molar-refractivity contribution in [2.45, 2.75) is 31.6 Å². The molecule has 1 saturated carbocycles. The molecule has 0 aliphatic heterocycles. The highest BCUT2D eigenvalue weighted by atomic mass is 16.5. The molecule has 0 radical (unpaired) electrons. The number of hydrogen-bond acceptors (Lipinski definition) is 4. The fraction of sp³-hybridized carbons (Fsp3) is 0.917. The topological polar surface area (TPSA) is 62.8 Å². The van der Waals surface area contributed by atoms with Crippen LogP contribution < -0.4 is 10.6 Å². The fourth-order valence-electron chi connectivity index (χ4n) is 2.06. The molecule has 2 amide bonds. The normalized spacial score (nSPS) is 26.6. The molecule has 0 aromatic carbocycles. The van der Waals surface area contributed by atoms with Gasteiger partial charge in [-0.1, -0.05) is 0 Å². The Morgan fingerprint density at radius 1 is 1.39 bits per heavy atom. The molecule has 0 aromatic heterocycles. The van der Waals surface area contributed by atoms with Gasteiger partial charge in [0.2, 0.25) is 0 Å². The van der Waals surface area contributed by atoms with Gasteiger partial charge in [-0.15, -0.1) is 0 Å². The number of carbonyl (C=O) groups is 1. The van der Waals surface area contributed by atoms with Crippen molar-refractivity contribution in [1.29, 1.82) is 0 Å². The highest BCUT2D eigenvalue weighted by molar-refractivity contribution is 5.73. The Hall–Kier alpha value is -0.850. The minimum absolute atomic E-state index is 0.0686. The first-order chi connectivity index (χ1) is 8.60. The van der Waals surface area contributed by atoms with Crippen LogP contribution in [0.5, 0.6) is 0 Å². The highest BCUT2D eigenvalue weighted by Gasteiger charge is 2.41. The van der Waals surface area contributed by atoms with Crippen molar-refractivity contribution in [3.05, 3.63) is 0 Å². The van der Waals surface area contributed by atoms with E-state index >= 15 is 0 Å². The minimum Gasteiger partial charge on any atom is -0.377 e. The summed E-state index contributed by atoms with van der Waals surface area (Å²) in [7, 11) is 5.16. The van der Waals surface area contributed by atoms with Gasteiger partial charge in [0, 0.05) is 46.9 Å². The minimum atomic E-state index is -0.0686. The molecule has 1 aliphatic carbocycles. The number of amides is 2.